The number of likely N-dealkylation sites (N-methyl/N-ethyl adjacent to an activating group) is 1. The first-order valence-electron chi connectivity index (χ1n) is 12.5. The van der Waals surface area contributed by atoms with Crippen LogP contribution < -0.4 is 14.4 Å². The van der Waals surface area contributed by atoms with Gasteiger partial charge in [0.05, 0.1) is 43.7 Å². The molecule has 1 aliphatic heterocycles. The van der Waals surface area contributed by atoms with Crippen LogP contribution in [0.2, 0.25) is 0 Å². The van der Waals surface area contributed by atoms with Crippen molar-refractivity contribution in [2.45, 2.75) is 32.8 Å². The third kappa shape index (κ3) is 10.9. The number of rotatable bonds is 10. The molecule has 3 rings (SSSR count). The zero-order chi connectivity index (χ0) is 29.0. The van der Waals surface area contributed by atoms with Crippen LogP contribution in [0.5, 0.6) is 11.5 Å². The highest BCUT2D eigenvalue weighted by atomic mass is 32.2. The molecule has 0 bridgehead atoms. The van der Waals surface area contributed by atoms with Crippen LogP contribution in [-0.2, 0) is 19.6 Å². The van der Waals surface area contributed by atoms with Crippen molar-refractivity contribution < 1.29 is 32.0 Å². The molecule has 0 radical (unpaired) electrons. The Balaban J connectivity index is 0.000000976. The van der Waals surface area contributed by atoms with Gasteiger partial charge in [-0.2, -0.15) is 13.7 Å². The average molecular weight is 580 g/mol. The van der Waals surface area contributed by atoms with Gasteiger partial charge in [-0.3, -0.25) is 14.2 Å². The fraction of sp³-hybridized carbons (Fsp3) is 0.481. The van der Waals surface area contributed by atoms with Crippen molar-refractivity contribution in [1.29, 1.82) is 5.26 Å². The van der Waals surface area contributed by atoms with E-state index in [0.29, 0.717) is 29.9 Å². The largest absolute Gasteiger partial charge is 0.493 e. The number of carbonyl (C=O) groups excluding carboxylic acids is 1. The minimum atomic E-state index is -3.67. The number of ether oxygens (including phenoxy) is 3. The molecule has 1 fully saturated rings. The summed E-state index contributed by atoms with van der Waals surface area (Å²) in [5.41, 5.74) is 1.34. The number of thiophene rings is 1. The van der Waals surface area contributed by atoms with Crippen molar-refractivity contribution >= 4 is 44.1 Å². The number of benzene rings is 1. The Bertz CT molecular complexity index is 1250. The molecule has 1 N–H and O–H groups in total. The van der Waals surface area contributed by atoms with Crippen molar-refractivity contribution in [2.75, 3.05) is 58.1 Å². The zero-order valence-corrected chi connectivity index (χ0v) is 24.7. The lowest BCUT2D eigenvalue weighted by molar-refractivity contribution is -0.151. The molecule has 10 nitrogen and oxygen atoms in total. The van der Waals surface area contributed by atoms with Gasteiger partial charge in [-0.05, 0) is 55.1 Å². The average Bonchev–Trinajstić information content (AvgIpc) is 3.38. The molecule has 0 saturated carbocycles. The van der Waals surface area contributed by atoms with Gasteiger partial charge >= 0.3 is 5.97 Å². The van der Waals surface area contributed by atoms with Crippen molar-refractivity contribution in [2.24, 2.45) is 0 Å². The highest BCUT2D eigenvalue weighted by Crippen LogP contribution is 2.34. The van der Waals surface area contributed by atoms with Crippen molar-refractivity contribution in [3.63, 3.8) is 0 Å². The number of allylic oxidation sites excluding steroid dienone is 1. The van der Waals surface area contributed by atoms with Gasteiger partial charge in [0.1, 0.15) is 6.10 Å². The minimum absolute atomic E-state index is 0.0196. The standard InChI is InChI=1S/C26H33N3O4S.CH4O3S/c1-5-28(6-2)18-26(30)33-21-11-13-29(14-12-21)25-10-8-22(34-25)15-20(17-27)19-7-9-23(31-3)24(16-19)32-4;1-5(2,3)4/h7-10,15-16,21H,5-6,11-14,18H2,1-4H3;1H3,(H,2,3,4)/b20-15+;. The third-order valence-corrected chi connectivity index (χ3v) is 7.11. The second-order valence-electron chi connectivity index (χ2n) is 8.79. The second-order valence-corrected chi connectivity index (χ2v) is 11.3. The molecule has 1 aliphatic rings. The SMILES string of the molecule is CCN(CC)CC(=O)OC1CCN(c2ccc(/C=C(\C#N)c3ccc(OC)c(OC)c3)s2)CC1.CS(=O)(=O)O. The molecule has 0 atom stereocenters. The van der Waals surface area contributed by atoms with Crippen LogP contribution in [0.15, 0.2) is 30.3 Å². The molecular weight excluding hydrogens is 542 g/mol. The predicted molar refractivity (Wildman–Crippen MR) is 154 cm³/mol. The molecule has 1 saturated heterocycles. The van der Waals surface area contributed by atoms with E-state index in [1.54, 1.807) is 31.6 Å². The van der Waals surface area contributed by atoms with E-state index in [2.05, 4.69) is 21.9 Å². The van der Waals surface area contributed by atoms with Crippen LogP contribution >= 0.6 is 11.3 Å². The third-order valence-electron chi connectivity index (χ3n) is 6.01. The lowest BCUT2D eigenvalue weighted by Crippen LogP contribution is -2.39. The second kappa shape index (κ2) is 15.5. The molecule has 0 unspecified atom stereocenters. The van der Waals surface area contributed by atoms with Crippen molar-refractivity contribution in [3.8, 4) is 17.6 Å². The van der Waals surface area contributed by atoms with Gasteiger partial charge in [0.2, 0.25) is 0 Å². The number of piperidine rings is 1. The van der Waals surface area contributed by atoms with Crippen molar-refractivity contribution in [1.82, 2.24) is 4.90 Å². The van der Waals surface area contributed by atoms with Gasteiger partial charge in [-0.1, -0.05) is 13.8 Å². The molecule has 1 aromatic carbocycles. The Morgan fingerprint density at radius 3 is 2.31 bits per heavy atom. The first-order chi connectivity index (χ1) is 18.5. The Morgan fingerprint density at radius 2 is 1.77 bits per heavy atom. The lowest BCUT2D eigenvalue weighted by Gasteiger charge is -2.32. The van der Waals surface area contributed by atoms with E-state index in [-0.39, 0.29) is 12.1 Å². The number of hydrogen-bond donors (Lipinski definition) is 1. The maximum Gasteiger partial charge on any atom is 0.320 e. The first kappa shape index (κ1) is 32.1. The van der Waals surface area contributed by atoms with Gasteiger partial charge in [0, 0.05) is 30.8 Å². The maximum atomic E-state index is 12.2. The van der Waals surface area contributed by atoms with E-state index in [1.807, 2.05) is 38.1 Å². The number of methoxy groups -OCH3 is 2. The quantitative estimate of drug-likeness (QED) is 0.248. The highest BCUT2D eigenvalue weighted by molar-refractivity contribution is 7.85. The summed E-state index contributed by atoms with van der Waals surface area (Å²) in [6.07, 6.45) is 4.24. The van der Waals surface area contributed by atoms with E-state index < -0.39 is 10.1 Å². The summed E-state index contributed by atoms with van der Waals surface area (Å²) < 4.78 is 42.2. The molecule has 0 spiro atoms. The smallest absolute Gasteiger partial charge is 0.320 e. The van der Waals surface area contributed by atoms with Gasteiger partial charge in [0.15, 0.2) is 11.5 Å². The molecule has 2 heterocycles. The van der Waals surface area contributed by atoms with Gasteiger partial charge < -0.3 is 19.1 Å². The summed E-state index contributed by atoms with van der Waals surface area (Å²) in [5, 5.41) is 10.9. The monoisotopic (exact) mass is 579 g/mol. The molecule has 214 valence electrons. The Kier molecular flexibility index (Phi) is 12.7. The van der Waals surface area contributed by atoms with Crippen LogP contribution in [0.25, 0.3) is 11.6 Å². The molecule has 39 heavy (non-hydrogen) atoms. The van der Waals surface area contributed by atoms with Crippen LogP contribution in [-0.4, -0.2) is 83.1 Å². The van der Waals surface area contributed by atoms with E-state index >= 15 is 0 Å². The number of hydrogen-bond acceptors (Lipinski definition) is 10. The lowest BCUT2D eigenvalue weighted by atomic mass is 10.1. The van der Waals surface area contributed by atoms with Crippen LogP contribution in [0.4, 0.5) is 5.00 Å². The summed E-state index contributed by atoms with van der Waals surface area (Å²) in [6, 6.07) is 11.9. The topological polar surface area (TPSA) is 129 Å². The molecule has 12 heteroatoms. The highest BCUT2D eigenvalue weighted by Gasteiger charge is 2.24. The van der Waals surface area contributed by atoms with Crippen molar-refractivity contribution in [3.05, 3.63) is 40.8 Å². The number of nitrogens with zero attached hydrogens (tertiary/aromatic N) is 3. The summed E-state index contributed by atoms with van der Waals surface area (Å²) >= 11 is 1.65. The predicted octanol–water partition coefficient (Wildman–Crippen LogP) is 4.19. The van der Waals surface area contributed by atoms with E-state index in [9.17, 15) is 18.5 Å². The number of carbonyl (C=O) groups is 1. The number of anilines is 1. The fourth-order valence-electron chi connectivity index (χ4n) is 3.96. The maximum absolute atomic E-state index is 12.2. The van der Waals surface area contributed by atoms with E-state index in [0.717, 1.165) is 54.5 Å². The number of nitriles is 1. The Labute approximate surface area is 235 Å². The Hall–Kier alpha value is -3.11. The van der Waals surface area contributed by atoms with Crippen LogP contribution in [0.3, 0.4) is 0 Å². The molecule has 0 aliphatic carbocycles. The molecule has 1 aromatic heterocycles. The van der Waals surface area contributed by atoms with Gasteiger partial charge in [-0.25, -0.2) is 0 Å². The van der Waals surface area contributed by atoms with Gasteiger partial charge in [-0.15, -0.1) is 11.3 Å². The minimum Gasteiger partial charge on any atom is -0.493 e. The zero-order valence-electron chi connectivity index (χ0n) is 23.0. The normalized spacial score (nSPS) is 14.3. The Morgan fingerprint density at radius 1 is 1.15 bits per heavy atom. The summed E-state index contributed by atoms with van der Waals surface area (Å²) in [4.78, 5) is 17.6. The molecule has 0 amide bonds. The molecule has 2 aromatic rings. The van der Waals surface area contributed by atoms with Crippen LogP contribution in [0, 0.1) is 11.3 Å². The summed E-state index contributed by atoms with van der Waals surface area (Å²) in [5.74, 6) is 1.09. The summed E-state index contributed by atoms with van der Waals surface area (Å²) in [7, 11) is -0.497. The summed E-state index contributed by atoms with van der Waals surface area (Å²) in [6.45, 7) is 7.83. The number of esters is 1. The van der Waals surface area contributed by atoms with E-state index in [4.69, 9.17) is 18.8 Å². The van der Waals surface area contributed by atoms with Crippen LogP contribution in [0.1, 0.15) is 37.1 Å². The molecular formula is C27H37N3O7S2. The first-order valence-corrected chi connectivity index (χ1v) is 15.2. The van der Waals surface area contributed by atoms with E-state index in [1.165, 1.54) is 0 Å². The fourth-order valence-corrected chi connectivity index (χ4v) is 4.97. The van der Waals surface area contributed by atoms with Gasteiger partial charge in [0.25, 0.3) is 10.1 Å².